The van der Waals surface area contributed by atoms with E-state index in [0.717, 1.165) is 60.9 Å². The molecule has 8 heteroatoms. The van der Waals surface area contributed by atoms with E-state index in [9.17, 15) is 9.59 Å². The van der Waals surface area contributed by atoms with Crippen molar-refractivity contribution >= 4 is 35.4 Å². The fraction of sp³-hybridized carbons (Fsp3) is 0.542. The Morgan fingerprint density at radius 1 is 1.28 bits per heavy atom. The lowest BCUT2D eigenvalue weighted by Gasteiger charge is -2.31. The van der Waals surface area contributed by atoms with Crippen LogP contribution in [0.1, 0.15) is 77.8 Å². The summed E-state index contributed by atoms with van der Waals surface area (Å²) >= 11 is 1.47. The van der Waals surface area contributed by atoms with Crippen LogP contribution in [-0.2, 0) is 0 Å². The van der Waals surface area contributed by atoms with Gasteiger partial charge >= 0.3 is 0 Å². The van der Waals surface area contributed by atoms with E-state index < -0.39 is 0 Å². The molecule has 0 aromatic carbocycles. The second-order valence-corrected chi connectivity index (χ2v) is 10.2. The molecule has 2 N–H and O–H groups in total. The Kier molecular flexibility index (Phi) is 6.98. The van der Waals surface area contributed by atoms with Gasteiger partial charge in [0.1, 0.15) is 0 Å². The summed E-state index contributed by atoms with van der Waals surface area (Å²) in [5.74, 6) is 0.888. The molecule has 0 aliphatic carbocycles. The van der Waals surface area contributed by atoms with Crippen molar-refractivity contribution in [1.29, 1.82) is 0 Å². The molecule has 2 aliphatic rings. The van der Waals surface area contributed by atoms with Crippen molar-refractivity contribution in [3.63, 3.8) is 0 Å². The van der Waals surface area contributed by atoms with Gasteiger partial charge in [-0.05, 0) is 42.4 Å². The number of hydrogen-bond donors (Lipinski definition) is 1. The van der Waals surface area contributed by atoms with Gasteiger partial charge in [0.05, 0.1) is 15.1 Å². The van der Waals surface area contributed by atoms with E-state index in [1.54, 1.807) is 0 Å². The number of unbranched alkanes of at least 4 members (excludes halogenated alkanes) is 1. The third-order valence-corrected chi connectivity index (χ3v) is 7.52. The fourth-order valence-electron chi connectivity index (χ4n) is 4.53. The van der Waals surface area contributed by atoms with Gasteiger partial charge in [-0.25, -0.2) is 4.98 Å². The zero-order valence-electron chi connectivity index (χ0n) is 18.9. The van der Waals surface area contributed by atoms with Crippen LogP contribution in [0.5, 0.6) is 0 Å². The van der Waals surface area contributed by atoms with Gasteiger partial charge in [-0.3, -0.25) is 9.59 Å². The van der Waals surface area contributed by atoms with Gasteiger partial charge in [-0.2, -0.15) is 0 Å². The molecular weight excluding hydrogens is 424 g/mol. The molecule has 0 unspecified atom stereocenters. The van der Waals surface area contributed by atoms with Crippen LogP contribution in [-0.4, -0.2) is 52.8 Å². The smallest absolute Gasteiger partial charge is 0.291 e. The monoisotopic (exact) mass is 456 g/mol. The maximum absolute atomic E-state index is 12.8. The van der Waals surface area contributed by atoms with Gasteiger partial charge < -0.3 is 20.0 Å². The summed E-state index contributed by atoms with van der Waals surface area (Å²) in [7, 11) is 0. The van der Waals surface area contributed by atoms with Crippen LogP contribution >= 0.6 is 11.3 Å². The van der Waals surface area contributed by atoms with Crippen molar-refractivity contribution in [3.05, 3.63) is 38.5 Å². The van der Waals surface area contributed by atoms with Crippen LogP contribution in [0, 0.1) is 5.92 Å². The van der Waals surface area contributed by atoms with Crippen LogP contribution in [0.4, 0.5) is 0 Å². The van der Waals surface area contributed by atoms with Crippen molar-refractivity contribution in [1.82, 2.24) is 14.8 Å². The van der Waals surface area contributed by atoms with E-state index in [-0.39, 0.29) is 17.7 Å². The predicted octanol–water partition coefficient (Wildman–Crippen LogP) is 2.52. The molecule has 1 saturated heterocycles. The maximum atomic E-state index is 12.8. The summed E-state index contributed by atoms with van der Waals surface area (Å²) < 4.78 is 6.53. The van der Waals surface area contributed by atoms with Gasteiger partial charge in [-0.15, -0.1) is 11.3 Å². The number of likely N-dealkylation sites (tertiary alicyclic amines) is 1. The van der Waals surface area contributed by atoms with Gasteiger partial charge in [0.25, 0.3) is 11.8 Å². The molecule has 172 valence electrons. The number of carbonyl (C=O) groups excluding carboxylic acids is 2. The van der Waals surface area contributed by atoms with Crippen molar-refractivity contribution in [2.24, 2.45) is 11.7 Å². The number of fused-ring (bicyclic) bond motifs is 1. The van der Waals surface area contributed by atoms with E-state index in [4.69, 9.17) is 10.2 Å². The molecule has 0 saturated carbocycles. The molecular formula is C24H32N4O3S. The molecule has 0 bridgehead atoms. The molecule has 2 aromatic heterocycles. The Hall–Kier alpha value is -2.61. The summed E-state index contributed by atoms with van der Waals surface area (Å²) in [4.78, 5) is 33.3. The maximum Gasteiger partial charge on any atom is 0.291 e. The van der Waals surface area contributed by atoms with Crippen molar-refractivity contribution < 1.29 is 14.0 Å². The first-order valence-electron chi connectivity index (χ1n) is 11.5. The zero-order valence-corrected chi connectivity index (χ0v) is 19.7. The highest BCUT2D eigenvalue weighted by Gasteiger charge is 2.28. The Morgan fingerprint density at radius 2 is 2.06 bits per heavy atom. The minimum Gasteiger partial charge on any atom is -0.438 e. The lowest BCUT2D eigenvalue weighted by Crippen LogP contribution is -2.38. The second kappa shape index (κ2) is 9.90. The predicted molar refractivity (Wildman–Crippen MR) is 126 cm³/mol. The normalized spacial score (nSPS) is 16.6. The van der Waals surface area contributed by atoms with Gasteiger partial charge in [0.2, 0.25) is 5.76 Å². The van der Waals surface area contributed by atoms with Crippen molar-refractivity contribution in [2.45, 2.75) is 51.9 Å². The number of oxazole rings is 1. The first-order chi connectivity index (χ1) is 15.4. The first kappa shape index (κ1) is 22.6. The molecule has 4 heterocycles. The van der Waals surface area contributed by atoms with Gasteiger partial charge in [0.15, 0.2) is 6.39 Å². The Bertz CT molecular complexity index is 1080. The number of aromatic nitrogens is 1. The Balaban J connectivity index is 1.19. The minimum absolute atomic E-state index is 0.0195. The van der Waals surface area contributed by atoms with Gasteiger partial charge in [-0.1, -0.05) is 32.8 Å². The molecule has 4 rings (SSSR count). The van der Waals surface area contributed by atoms with Crippen LogP contribution in [0.25, 0.3) is 12.3 Å². The highest BCUT2D eigenvalue weighted by molar-refractivity contribution is 7.11. The number of nitrogens with two attached hydrogens (primary N) is 1. The summed E-state index contributed by atoms with van der Waals surface area (Å²) in [5, 5.41) is 1.12. The third kappa shape index (κ3) is 5.06. The summed E-state index contributed by atoms with van der Waals surface area (Å²) in [6.07, 6.45) is 11.3. The Morgan fingerprint density at radius 3 is 2.78 bits per heavy atom. The minimum atomic E-state index is -0.355. The standard InChI is InChI=1S/C24H32N4O3S/c1-16(2)21-22(31-15-26-21)24(30)28-11-6-17(7-12-28)5-3-4-9-27-10-8-18-13-19(23(25)29)32-20(18)14-27/h8,13-17H,3-7,9-12H2,1-2H3,(H2,25,29). The summed E-state index contributed by atoms with van der Waals surface area (Å²) in [5.41, 5.74) is 6.15. The van der Waals surface area contributed by atoms with E-state index in [1.807, 2.05) is 24.8 Å². The average molecular weight is 457 g/mol. The number of amides is 2. The topological polar surface area (TPSA) is 92.7 Å². The SMILES string of the molecule is CC(C)c1ncoc1C(=O)N1CCC(CCCCN2C=c3sc(C(N)=O)cc3=CC2)CC1. The van der Waals surface area contributed by atoms with E-state index >= 15 is 0 Å². The van der Waals surface area contributed by atoms with Crippen LogP contribution in [0.2, 0.25) is 0 Å². The lowest BCUT2D eigenvalue weighted by molar-refractivity contribution is 0.0651. The molecule has 32 heavy (non-hydrogen) atoms. The number of rotatable bonds is 8. The van der Waals surface area contributed by atoms with Crippen molar-refractivity contribution in [2.75, 3.05) is 26.2 Å². The molecule has 7 nitrogen and oxygen atoms in total. The van der Waals surface area contributed by atoms with E-state index in [1.165, 1.54) is 30.6 Å². The van der Waals surface area contributed by atoms with E-state index in [0.29, 0.717) is 16.6 Å². The molecule has 0 radical (unpaired) electrons. The van der Waals surface area contributed by atoms with Crippen molar-refractivity contribution in [3.8, 4) is 0 Å². The third-order valence-electron chi connectivity index (χ3n) is 6.42. The van der Waals surface area contributed by atoms with E-state index in [2.05, 4.69) is 22.2 Å². The molecule has 2 amide bonds. The lowest BCUT2D eigenvalue weighted by atomic mass is 9.91. The molecule has 2 aromatic rings. The largest absolute Gasteiger partial charge is 0.438 e. The first-order valence-corrected chi connectivity index (χ1v) is 12.3. The zero-order chi connectivity index (χ0) is 22.7. The molecule has 1 fully saturated rings. The number of thiophene rings is 1. The van der Waals surface area contributed by atoms with Crippen LogP contribution < -0.4 is 15.5 Å². The number of hydrogen-bond acceptors (Lipinski definition) is 6. The number of carbonyl (C=O) groups is 2. The number of nitrogens with zero attached hydrogens (tertiary/aromatic N) is 3. The fourth-order valence-corrected chi connectivity index (χ4v) is 5.52. The molecule has 2 aliphatic heterocycles. The quantitative estimate of drug-likeness (QED) is 0.616. The number of piperidine rings is 1. The van der Waals surface area contributed by atoms with Crippen LogP contribution in [0.15, 0.2) is 16.9 Å². The molecule has 0 atom stereocenters. The van der Waals surface area contributed by atoms with Gasteiger partial charge in [0, 0.05) is 32.4 Å². The summed E-state index contributed by atoms with van der Waals surface area (Å²) in [6, 6.07) is 1.89. The summed E-state index contributed by atoms with van der Waals surface area (Å²) in [6.45, 7) is 7.53. The second-order valence-electron chi connectivity index (χ2n) is 9.08. The molecule has 0 spiro atoms. The van der Waals surface area contributed by atoms with Crippen LogP contribution in [0.3, 0.4) is 0 Å². The highest BCUT2D eigenvalue weighted by Crippen LogP contribution is 2.26. The number of primary amides is 1. The highest BCUT2D eigenvalue weighted by atomic mass is 32.1. The Labute approximate surface area is 192 Å². The average Bonchev–Trinajstić information content (AvgIpc) is 3.44.